The van der Waals surface area contributed by atoms with Gasteiger partial charge in [0.05, 0.1) is 17.2 Å². The van der Waals surface area contributed by atoms with Crippen LogP contribution >= 0.6 is 0 Å². The van der Waals surface area contributed by atoms with Crippen molar-refractivity contribution in [2.24, 2.45) is 0 Å². The molecule has 0 unspecified atom stereocenters. The lowest BCUT2D eigenvalue weighted by molar-refractivity contribution is -0.255. The van der Waals surface area contributed by atoms with Crippen molar-refractivity contribution in [3.05, 3.63) is 58.2 Å². The van der Waals surface area contributed by atoms with E-state index in [-0.39, 0.29) is 5.69 Å². The van der Waals surface area contributed by atoms with Crippen LogP contribution < -0.4 is 10.4 Å². The van der Waals surface area contributed by atoms with Crippen LogP contribution in [0.2, 0.25) is 0 Å². The highest BCUT2D eigenvalue weighted by Gasteiger charge is 2.26. The third-order valence-corrected chi connectivity index (χ3v) is 3.12. The van der Waals surface area contributed by atoms with Gasteiger partial charge in [-0.1, -0.05) is 12.1 Å². The van der Waals surface area contributed by atoms with Crippen molar-refractivity contribution in [3.63, 3.8) is 0 Å². The lowest BCUT2D eigenvalue weighted by Gasteiger charge is -2.17. The number of hydrogen-bond acceptors (Lipinski definition) is 3. The number of carboxylic acid groups (broad SMARTS) is 1. The molecule has 0 aliphatic rings. The van der Waals surface area contributed by atoms with E-state index in [2.05, 4.69) is 5.32 Å². The Morgan fingerprint density at radius 2 is 1.59 bits per heavy atom. The molecule has 7 heteroatoms. The van der Waals surface area contributed by atoms with Gasteiger partial charge in [-0.3, -0.25) is 0 Å². The number of aromatic carboxylic acids is 1. The molecule has 0 radical (unpaired) electrons. The highest BCUT2D eigenvalue weighted by Crippen LogP contribution is 2.31. The smallest absolute Gasteiger partial charge is 0.199 e. The van der Waals surface area contributed by atoms with Crippen LogP contribution in [0.1, 0.15) is 21.5 Å². The zero-order valence-corrected chi connectivity index (χ0v) is 11.6. The van der Waals surface area contributed by atoms with E-state index in [0.717, 1.165) is 5.56 Å². The second kappa shape index (κ2) is 5.67. The summed E-state index contributed by atoms with van der Waals surface area (Å²) in [7, 11) is 0. The fraction of sp³-hybridized carbons (Fsp3) is 0.133. The van der Waals surface area contributed by atoms with Gasteiger partial charge in [-0.05, 0) is 31.0 Å². The minimum Gasteiger partial charge on any atom is -0.545 e. The molecule has 2 aromatic rings. The second-order valence-electron chi connectivity index (χ2n) is 4.74. The Morgan fingerprint density at radius 3 is 2.18 bits per heavy atom. The second-order valence-corrected chi connectivity index (χ2v) is 4.74. The molecule has 2 rings (SSSR count). The van der Waals surface area contributed by atoms with Crippen molar-refractivity contribution in [2.75, 3.05) is 5.32 Å². The largest absolute Gasteiger partial charge is 0.545 e. The Bertz CT molecular complexity index is 775. The Morgan fingerprint density at radius 1 is 1.00 bits per heavy atom. The molecule has 3 nitrogen and oxygen atoms in total. The number of carbonyl (C=O) groups is 1. The summed E-state index contributed by atoms with van der Waals surface area (Å²) < 4.78 is 53.9. The monoisotopic (exact) mass is 312 g/mol. The standard InChI is InChI=1S/C15H11F4NO2/c1-6-3-4-7(2)8(5-6)20-14-9(15(21)22)10(16)11(17)12(18)13(14)19/h3-5,20H,1-2H3,(H,21,22)/p-1. The van der Waals surface area contributed by atoms with Crippen molar-refractivity contribution < 1.29 is 27.5 Å². The van der Waals surface area contributed by atoms with Crippen LogP contribution in [0, 0.1) is 37.1 Å². The zero-order chi connectivity index (χ0) is 16.6. The molecule has 1 N–H and O–H groups in total. The lowest BCUT2D eigenvalue weighted by Crippen LogP contribution is -2.26. The van der Waals surface area contributed by atoms with Crippen molar-refractivity contribution in [1.82, 2.24) is 0 Å². The third-order valence-electron chi connectivity index (χ3n) is 3.12. The van der Waals surface area contributed by atoms with Crippen LogP contribution in [0.5, 0.6) is 0 Å². The molecular weight excluding hydrogens is 302 g/mol. The van der Waals surface area contributed by atoms with Gasteiger partial charge in [0.15, 0.2) is 23.3 Å². The van der Waals surface area contributed by atoms with Gasteiger partial charge >= 0.3 is 0 Å². The SMILES string of the molecule is Cc1ccc(C)c(Nc2c(F)c(F)c(F)c(F)c2C(=O)[O-])c1. The molecule has 2 aromatic carbocycles. The summed E-state index contributed by atoms with van der Waals surface area (Å²) in [5.74, 6) is -10.3. The first kappa shape index (κ1) is 15.8. The van der Waals surface area contributed by atoms with E-state index in [1.165, 1.54) is 6.07 Å². The van der Waals surface area contributed by atoms with E-state index in [4.69, 9.17) is 0 Å². The Hall–Kier alpha value is -2.57. The van der Waals surface area contributed by atoms with Gasteiger partial charge in [0.2, 0.25) is 0 Å². The normalized spacial score (nSPS) is 10.6. The highest BCUT2D eigenvalue weighted by molar-refractivity contribution is 5.94. The lowest BCUT2D eigenvalue weighted by atomic mass is 10.1. The minimum absolute atomic E-state index is 0.229. The molecule has 0 amide bonds. The number of nitrogens with one attached hydrogen (secondary N) is 1. The van der Waals surface area contributed by atoms with E-state index in [1.54, 1.807) is 26.0 Å². The van der Waals surface area contributed by atoms with Gasteiger partial charge in [-0.15, -0.1) is 0 Å². The van der Waals surface area contributed by atoms with Gasteiger partial charge in [0.1, 0.15) is 0 Å². The number of rotatable bonds is 3. The molecule has 22 heavy (non-hydrogen) atoms. The molecule has 0 aromatic heterocycles. The Balaban J connectivity index is 2.69. The van der Waals surface area contributed by atoms with Gasteiger partial charge < -0.3 is 15.2 Å². The fourth-order valence-corrected chi connectivity index (χ4v) is 1.95. The average molecular weight is 312 g/mol. The van der Waals surface area contributed by atoms with E-state index < -0.39 is 40.5 Å². The van der Waals surface area contributed by atoms with Gasteiger partial charge in [-0.2, -0.15) is 0 Å². The maximum atomic E-state index is 13.8. The summed E-state index contributed by atoms with van der Waals surface area (Å²) in [6.45, 7) is 3.33. The van der Waals surface area contributed by atoms with E-state index >= 15 is 0 Å². The molecule has 0 aliphatic carbocycles. The van der Waals surface area contributed by atoms with Crippen molar-refractivity contribution in [1.29, 1.82) is 0 Å². The van der Waals surface area contributed by atoms with Crippen LogP contribution in [0.3, 0.4) is 0 Å². The van der Waals surface area contributed by atoms with Crippen LogP contribution in [0.15, 0.2) is 18.2 Å². The van der Waals surface area contributed by atoms with Crippen LogP contribution in [-0.4, -0.2) is 5.97 Å². The van der Waals surface area contributed by atoms with Crippen LogP contribution in [0.25, 0.3) is 0 Å². The summed E-state index contributed by atoms with van der Waals surface area (Å²) in [5.41, 5.74) is -0.889. The zero-order valence-electron chi connectivity index (χ0n) is 11.6. The predicted molar refractivity (Wildman–Crippen MR) is 69.8 cm³/mol. The number of benzene rings is 2. The number of aryl methyl sites for hydroxylation is 2. The maximum absolute atomic E-state index is 13.8. The van der Waals surface area contributed by atoms with Crippen molar-refractivity contribution in [3.8, 4) is 0 Å². The predicted octanol–water partition coefficient (Wildman–Crippen LogP) is 2.97. The molecule has 0 saturated heterocycles. The molecule has 0 heterocycles. The molecule has 0 bridgehead atoms. The van der Waals surface area contributed by atoms with Gasteiger partial charge in [-0.25, -0.2) is 17.6 Å². The molecular formula is C15H10F4NO2-. The number of carbonyl (C=O) groups excluding carboxylic acids is 1. The number of hydrogen-bond donors (Lipinski definition) is 1. The molecule has 0 atom stereocenters. The first-order valence-electron chi connectivity index (χ1n) is 6.15. The summed E-state index contributed by atoms with van der Waals surface area (Å²) in [4.78, 5) is 11.0. The van der Waals surface area contributed by atoms with Crippen LogP contribution in [0.4, 0.5) is 28.9 Å². The van der Waals surface area contributed by atoms with Crippen molar-refractivity contribution >= 4 is 17.3 Å². The summed E-state index contributed by atoms with van der Waals surface area (Å²) in [5, 5.41) is 13.3. The number of carboxylic acids is 1. The van der Waals surface area contributed by atoms with E-state index in [1.807, 2.05) is 0 Å². The number of anilines is 2. The summed E-state index contributed by atoms with van der Waals surface area (Å²) in [6.07, 6.45) is 0. The Kier molecular flexibility index (Phi) is 4.07. The molecule has 0 aliphatic heterocycles. The van der Waals surface area contributed by atoms with Crippen molar-refractivity contribution in [2.45, 2.75) is 13.8 Å². The first-order chi connectivity index (χ1) is 10.2. The van der Waals surface area contributed by atoms with Gasteiger partial charge in [0.25, 0.3) is 0 Å². The quantitative estimate of drug-likeness (QED) is 0.538. The molecule has 0 saturated carbocycles. The number of halogens is 4. The maximum Gasteiger partial charge on any atom is 0.199 e. The van der Waals surface area contributed by atoms with E-state index in [9.17, 15) is 27.5 Å². The van der Waals surface area contributed by atoms with Gasteiger partial charge in [0, 0.05) is 5.69 Å². The first-order valence-corrected chi connectivity index (χ1v) is 6.15. The fourth-order valence-electron chi connectivity index (χ4n) is 1.95. The molecule has 0 fully saturated rings. The highest BCUT2D eigenvalue weighted by atomic mass is 19.2. The molecule has 116 valence electrons. The Labute approximate surface area is 123 Å². The van der Waals surface area contributed by atoms with Crippen LogP contribution in [-0.2, 0) is 0 Å². The van der Waals surface area contributed by atoms with E-state index in [0.29, 0.717) is 5.56 Å². The summed E-state index contributed by atoms with van der Waals surface area (Å²) >= 11 is 0. The average Bonchev–Trinajstić information content (AvgIpc) is 2.46. The molecule has 0 spiro atoms. The minimum atomic E-state index is -2.21. The topological polar surface area (TPSA) is 52.2 Å². The summed E-state index contributed by atoms with van der Waals surface area (Å²) in [6, 6.07) is 4.90. The third kappa shape index (κ3) is 2.61.